The fourth-order valence-corrected chi connectivity index (χ4v) is 1.41. The van der Waals surface area contributed by atoms with E-state index < -0.39 is 0 Å². The third-order valence-corrected chi connectivity index (χ3v) is 3.10. The van der Waals surface area contributed by atoms with Gasteiger partial charge in [-0.15, -0.1) is 0 Å². The molecule has 0 spiro atoms. The van der Waals surface area contributed by atoms with Crippen molar-refractivity contribution in [1.29, 1.82) is 0 Å². The summed E-state index contributed by atoms with van der Waals surface area (Å²) in [7, 11) is 0. The quantitative estimate of drug-likeness (QED) is 0.685. The summed E-state index contributed by atoms with van der Waals surface area (Å²) in [5.41, 5.74) is 0. The molecule has 1 atom stereocenters. The first-order valence-corrected chi connectivity index (χ1v) is 6.19. The van der Waals surface area contributed by atoms with Crippen molar-refractivity contribution >= 4 is 24.4 Å². The molecule has 0 radical (unpaired) electrons. The highest BCUT2D eigenvalue weighted by Crippen LogP contribution is 2.12. The molecule has 0 aromatic carbocycles. The molecule has 4 nitrogen and oxygen atoms in total. The van der Waals surface area contributed by atoms with E-state index in [1.54, 1.807) is 0 Å². The number of hydrogen-bond acceptors (Lipinski definition) is 3. The Kier molecular flexibility index (Phi) is 7.21. The number of thiol groups is 1. The maximum atomic E-state index is 11.9. The first-order valence-electron chi connectivity index (χ1n) is 5.67. The molecule has 16 heavy (non-hydrogen) atoms. The normalized spacial score (nSPS) is 12.4. The number of carbonyl (C=O) groups excluding carboxylic acids is 2. The van der Waals surface area contributed by atoms with Gasteiger partial charge in [0.25, 0.3) is 0 Å². The van der Waals surface area contributed by atoms with E-state index >= 15 is 0 Å². The second-order valence-electron chi connectivity index (χ2n) is 3.99. The van der Waals surface area contributed by atoms with Crippen LogP contribution in [0.4, 0.5) is 0 Å². The molecule has 1 unspecified atom stereocenters. The van der Waals surface area contributed by atoms with Crippen molar-refractivity contribution in [2.45, 2.75) is 32.9 Å². The largest absolute Gasteiger partial charge is 0.355 e. The molecule has 0 aromatic heterocycles. The summed E-state index contributed by atoms with van der Waals surface area (Å²) in [5, 5.41) is 2.34. The van der Waals surface area contributed by atoms with Gasteiger partial charge in [-0.25, -0.2) is 0 Å². The predicted octanol–water partition coefficient (Wildman–Crippen LogP) is 0.925. The fourth-order valence-electron chi connectivity index (χ4n) is 1.24. The summed E-state index contributed by atoms with van der Waals surface area (Å²) in [6.07, 6.45) is 0. The van der Waals surface area contributed by atoms with Crippen LogP contribution in [0.3, 0.4) is 0 Å². The molecule has 0 aliphatic carbocycles. The van der Waals surface area contributed by atoms with Crippen LogP contribution in [0.5, 0.6) is 0 Å². The second kappa shape index (κ2) is 7.54. The Morgan fingerprint density at radius 3 is 2.25 bits per heavy atom. The summed E-state index contributed by atoms with van der Waals surface area (Å²) < 4.78 is 0. The van der Waals surface area contributed by atoms with Gasteiger partial charge in [-0.05, 0) is 19.8 Å². The Balaban J connectivity index is 4.38. The first-order chi connectivity index (χ1) is 7.43. The summed E-state index contributed by atoms with van der Waals surface area (Å²) >= 11 is 4.26. The molecule has 94 valence electrons. The van der Waals surface area contributed by atoms with Crippen molar-refractivity contribution < 1.29 is 9.59 Å². The molecule has 0 bridgehead atoms. The molecule has 1 N–H and O–H groups in total. The highest BCUT2D eigenvalue weighted by atomic mass is 32.1. The maximum absolute atomic E-state index is 11.9. The Morgan fingerprint density at radius 1 is 1.31 bits per heavy atom. The van der Waals surface area contributed by atoms with Crippen LogP contribution in [0.1, 0.15) is 27.7 Å². The number of nitrogens with zero attached hydrogens (tertiary/aromatic N) is 1. The van der Waals surface area contributed by atoms with Gasteiger partial charge in [0.1, 0.15) is 0 Å². The van der Waals surface area contributed by atoms with E-state index in [9.17, 15) is 9.59 Å². The average molecular weight is 246 g/mol. The highest BCUT2D eigenvalue weighted by molar-refractivity contribution is 7.81. The van der Waals surface area contributed by atoms with Crippen LogP contribution in [-0.4, -0.2) is 41.6 Å². The van der Waals surface area contributed by atoms with Crippen LogP contribution in [0.2, 0.25) is 0 Å². The lowest BCUT2D eigenvalue weighted by Gasteiger charge is -2.25. The monoisotopic (exact) mass is 246 g/mol. The number of carbonyl (C=O) groups is 2. The van der Waals surface area contributed by atoms with E-state index in [0.717, 1.165) is 0 Å². The van der Waals surface area contributed by atoms with Gasteiger partial charge in [-0.3, -0.25) is 9.59 Å². The molecular weight excluding hydrogens is 224 g/mol. The van der Waals surface area contributed by atoms with E-state index in [-0.39, 0.29) is 29.5 Å². The van der Waals surface area contributed by atoms with Gasteiger partial charge in [0.15, 0.2) is 0 Å². The third-order valence-electron chi connectivity index (χ3n) is 2.29. The number of likely N-dealkylation sites (N-methyl/N-ethyl adjacent to an activating group) is 2. The smallest absolute Gasteiger partial charge is 0.239 e. The van der Waals surface area contributed by atoms with Gasteiger partial charge in [-0.1, -0.05) is 13.8 Å². The SMILES string of the molecule is CCNC(=O)CN(CC)C(=O)C(S)C(C)C. The van der Waals surface area contributed by atoms with Crippen molar-refractivity contribution in [3.8, 4) is 0 Å². The van der Waals surface area contributed by atoms with E-state index in [1.165, 1.54) is 4.90 Å². The van der Waals surface area contributed by atoms with E-state index in [1.807, 2.05) is 27.7 Å². The fraction of sp³-hybridized carbons (Fsp3) is 0.818. The minimum absolute atomic E-state index is 0.0768. The standard InChI is InChI=1S/C11H22N2O2S/c1-5-12-9(14)7-13(6-2)11(15)10(16)8(3)4/h8,10,16H,5-7H2,1-4H3,(H,12,14). The zero-order valence-corrected chi connectivity index (χ0v) is 11.4. The van der Waals surface area contributed by atoms with Gasteiger partial charge >= 0.3 is 0 Å². The lowest BCUT2D eigenvalue weighted by molar-refractivity contribution is -0.135. The molecular formula is C11H22N2O2S. The summed E-state index contributed by atoms with van der Waals surface area (Å²) in [4.78, 5) is 24.8. The van der Waals surface area contributed by atoms with Gasteiger partial charge in [0.2, 0.25) is 11.8 Å². The van der Waals surface area contributed by atoms with Crippen molar-refractivity contribution in [2.75, 3.05) is 19.6 Å². The molecule has 0 aliphatic heterocycles. The maximum Gasteiger partial charge on any atom is 0.239 e. The van der Waals surface area contributed by atoms with Crippen molar-refractivity contribution in [3.05, 3.63) is 0 Å². The predicted molar refractivity (Wildman–Crippen MR) is 68.5 cm³/mol. The molecule has 5 heteroatoms. The van der Waals surface area contributed by atoms with Gasteiger partial charge < -0.3 is 10.2 Å². The molecule has 0 heterocycles. The molecule has 0 saturated heterocycles. The lowest BCUT2D eigenvalue weighted by atomic mass is 10.1. The van der Waals surface area contributed by atoms with Gasteiger partial charge in [0, 0.05) is 13.1 Å². The zero-order chi connectivity index (χ0) is 12.7. The molecule has 0 rings (SSSR count). The summed E-state index contributed by atoms with van der Waals surface area (Å²) in [6, 6.07) is 0. The molecule has 2 amide bonds. The number of rotatable bonds is 6. The van der Waals surface area contributed by atoms with Crippen molar-refractivity contribution in [3.63, 3.8) is 0 Å². The first kappa shape index (κ1) is 15.3. The summed E-state index contributed by atoms with van der Waals surface area (Å²) in [5.74, 6) is -0.0341. The van der Waals surface area contributed by atoms with Gasteiger partial charge in [-0.2, -0.15) is 12.6 Å². The molecule has 0 saturated carbocycles. The Hall–Kier alpha value is -0.710. The molecule has 0 aromatic rings. The Bertz CT molecular complexity index is 244. The van der Waals surface area contributed by atoms with Crippen LogP contribution in [0.25, 0.3) is 0 Å². The highest BCUT2D eigenvalue weighted by Gasteiger charge is 2.24. The van der Waals surface area contributed by atoms with Crippen molar-refractivity contribution in [2.24, 2.45) is 5.92 Å². The Morgan fingerprint density at radius 2 is 1.88 bits per heavy atom. The van der Waals surface area contributed by atoms with E-state index in [4.69, 9.17) is 0 Å². The Labute approximate surface area is 103 Å². The van der Waals surface area contributed by atoms with E-state index in [0.29, 0.717) is 13.1 Å². The third kappa shape index (κ3) is 4.88. The minimum Gasteiger partial charge on any atom is -0.355 e. The van der Waals surface area contributed by atoms with Crippen LogP contribution in [0, 0.1) is 5.92 Å². The number of amides is 2. The topological polar surface area (TPSA) is 49.4 Å². The minimum atomic E-state index is -0.339. The molecule has 0 fully saturated rings. The van der Waals surface area contributed by atoms with Crippen LogP contribution >= 0.6 is 12.6 Å². The van der Waals surface area contributed by atoms with E-state index in [2.05, 4.69) is 17.9 Å². The van der Waals surface area contributed by atoms with Gasteiger partial charge in [0.05, 0.1) is 11.8 Å². The second-order valence-corrected chi connectivity index (χ2v) is 4.55. The molecule has 0 aliphatic rings. The summed E-state index contributed by atoms with van der Waals surface area (Å²) in [6.45, 7) is 8.82. The van der Waals surface area contributed by atoms with Crippen LogP contribution in [-0.2, 0) is 9.59 Å². The van der Waals surface area contributed by atoms with Crippen LogP contribution < -0.4 is 5.32 Å². The van der Waals surface area contributed by atoms with Crippen LogP contribution in [0.15, 0.2) is 0 Å². The average Bonchev–Trinajstić information content (AvgIpc) is 2.24. The lowest BCUT2D eigenvalue weighted by Crippen LogP contribution is -2.44. The van der Waals surface area contributed by atoms with Crippen molar-refractivity contribution in [1.82, 2.24) is 10.2 Å². The number of hydrogen-bond donors (Lipinski definition) is 2. The zero-order valence-electron chi connectivity index (χ0n) is 10.5. The number of nitrogens with one attached hydrogen (secondary N) is 1.